The molecule has 0 radical (unpaired) electrons. The van der Waals surface area contributed by atoms with E-state index < -0.39 is 18.2 Å². The van der Waals surface area contributed by atoms with E-state index in [1.165, 1.54) is 0 Å². The van der Waals surface area contributed by atoms with Gasteiger partial charge in [-0.3, -0.25) is 0 Å². The van der Waals surface area contributed by atoms with Crippen LogP contribution in [0.15, 0.2) is 12.2 Å². The van der Waals surface area contributed by atoms with E-state index >= 15 is 0 Å². The predicted molar refractivity (Wildman–Crippen MR) is 40.9 cm³/mol. The summed E-state index contributed by atoms with van der Waals surface area (Å²) in [6.45, 7) is 0. The van der Waals surface area contributed by atoms with Crippen molar-refractivity contribution in [1.29, 1.82) is 0 Å². The van der Waals surface area contributed by atoms with Gasteiger partial charge in [0, 0.05) is 5.92 Å². The van der Waals surface area contributed by atoms with Gasteiger partial charge in [-0.25, -0.2) is 0 Å². The first kappa shape index (κ1) is 9.06. The molecule has 1 saturated carbocycles. The maximum absolute atomic E-state index is 12.2. The van der Waals surface area contributed by atoms with Crippen molar-refractivity contribution in [3.8, 4) is 0 Å². The molecular formula is C9H11F3O. The first-order chi connectivity index (χ1) is 5.98. The Labute approximate surface area is 74.2 Å². The lowest BCUT2D eigenvalue weighted by Crippen LogP contribution is -2.37. The summed E-state index contributed by atoms with van der Waals surface area (Å²) in [6.07, 6.45) is -1.53. The van der Waals surface area contributed by atoms with Gasteiger partial charge in [-0.1, -0.05) is 12.2 Å². The van der Waals surface area contributed by atoms with E-state index in [0.717, 1.165) is 6.42 Å². The van der Waals surface area contributed by atoms with E-state index in [1.807, 2.05) is 12.2 Å². The van der Waals surface area contributed by atoms with Crippen LogP contribution in [0.4, 0.5) is 13.2 Å². The molecule has 2 rings (SSSR count). The molecule has 1 fully saturated rings. The monoisotopic (exact) mass is 192 g/mol. The van der Waals surface area contributed by atoms with Crippen LogP contribution in [0.25, 0.3) is 0 Å². The van der Waals surface area contributed by atoms with Crippen LogP contribution < -0.4 is 0 Å². The number of fused-ring (bicyclic) bond motifs is 2. The summed E-state index contributed by atoms with van der Waals surface area (Å²) in [5.41, 5.74) is 0. The standard InChI is InChI=1S/C9H11F3O/c10-9(11,12)8(13)7-4-5-1-2-6(7)3-5/h1-2,5-8,13H,3-4H2. The minimum Gasteiger partial charge on any atom is -0.383 e. The van der Waals surface area contributed by atoms with E-state index in [1.54, 1.807) is 0 Å². The van der Waals surface area contributed by atoms with Crippen LogP contribution in [0.3, 0.4) is 0 Å². The van der Waals surface area contributed by atoms with Crippen molar-refractivity contribution in [2.45, 2.75) is 25.1 Å². The summed E-state index contributed by atoms with van der Waals surface area (Å²) in [7, 11) is 0. The number of aliphatic hydroxyl groups is 1. The molecular weight excluding hydrogens is 181 g/mol. The molecule has 0 amide bonds. The minimum absolute atomic E-state index is 0.0541. The Balaban J connectivity index is 2.07. The maximum atomic E-state index is 12.2. The Morgan fingerprint density at radius 1 is 1.23 bits per heavy atom. The third kappa shape index (κ3) is 1.47. The van der Waals surface area contributed by atoms with E-state index in [0.29, 0.717) is 6.42 Å². The Hall–Kier alpha value is -0.510. The molecule has 0 aromatic carbocycles. The van der Waals surface area contributed by atoms with Crippen molar-refractivity contribution in [2.24, 2.45) is 17.8 Å². The summed E-state index contributed by atoms with van der Waals surface area (Å²) >= 11 is 0. The second-order valence-corrected chi connectivity index (χ2v) is 3.93. The molecule has 0 spiro atoms. The second kappa shape index (κ2) is 2.74. The molecule has 74 valence electrons. The molecule has 4 atom stereocenters. The van der Waals surface area contributed by atoms with Gasteiger partial charge in [0.05, 0.1) is 0 Å². The number of halogens is 3. The number of aliphatic hydroxyl groups excluding tert-OH is 1. The zero-order valence-corrected chi connectivity index (χ0v) is 6.96. The fourth-order valence-electron chi connectivity index (χ4n) is 2.43. The summed E-state index contributed by atoms with van der Waals surface area (Å²) in [6, 6.07) is 0. The van der Waals surface area contributed by atoms with Crippen molar-refractivity contribution in [2.75, 3.05) is 0 Å². The third-order valence-corrected chi connectivity index (χ3v) is 3.07. The summed E-state index contributed by atoms with van der Waals surface area (Å²) in [5, 5.41) is 9.05. The molecule has 0 saturated heterocycles. The highest BCUT2D eigenvalue weighted by molar-refractivity contribution is 5.11. The molecule has 4 heteroatoms. The van der Waals surface area contributed by atoms with Gasteiger partial charge in [-0.15, -0.1) is 0 Å². The molecule has 4 unspecified atom stereocenters. The topological polar surface area (TPSA) is 20.2 Å². The molecule has 0 heterocycles. The largest absolute Gasteiger partial charge is 0.414 e. The molecule has 0 aromatic heterocycles. The highest BCUT2D eigenvalue weighted by Gasteiger charge is 2.50. The first-order valence-corrected chi connectivity index (χ1v) is 4.41. The van der Waals surface area contributed by atoms with Crippen LogP contribution in [-0.4, -0.2) is 17.4 Å². The Bertz CT molecular complexity index is 234. The average Bonchev–Trinajstić information content (AvgIpc) is 2.60. The molecule has 2 aliphatic carbocycles. The van der Waals surface area contributed by atoms with Gasteiger partial charge in [0.2, 0.25) is 0 Å². The molecule has 2 aliphatic rings. The lowest BCUT2D eigenvalue weighted by molar-refractivity contribution is -0.221. The molecule has 0 aliphatic heterocycles. The van der Waals surface area contributed by atoms with Crippen LogP contribution in [0.1, 0.15) is 12.8 Å². The fraction of sp³-hybridized carbons (Fsp3) is 0.778. The lowest BCUT2D eigenvalue weighted by atomic mass is 9.88. The van der Waals surface area contributed by atoms with Gasteiger partial charge in [0.1, 0.15) is 0 Å². The zero-order chi connectivity index (χ0) is 9.64. The van der Waals surface area contributed by atoms with Crippen LogP contribution >= 0.6 is 0 Å². The Morgan fingerprint density at radius 3 is 2.31 bits per heavy atom. The molecule has 1 N–H and O–H groups in total. The summed E-state index contributed by atoms with van der Waals surface area (Å²) in [5.74, 6) is -0.386. The summed E-state index contributed by atoms with van der Waals surface area (Å²) in [4.78, 5) is 0. The molecule has 13 heavy (non-hydrogen) atoms. The number of allylic oxidation sites excluding steroid dienone is 2. The van der Waals surface area contributed by atoms with Crippen LogP contribution in [0.2, 0.25) is 0 Å². The normalized spacial score (nSPS) is 39.8. The van der Waals surface area contributed by atoms with Crippen molar-refractivity contribution in [3.63, 3.8) is 0 Å². The van der Waals surface area contributed by atoms with E-state index in [2.05, 4.69) is 0 Å². The second-order valence-electron chi connectivity index (χ2n) is 3.93. The SMILES string of the molecule is OC(C1CC2C=CC1C2)C(F)(F)F. The molecule has 2 bridgehead atoms. The van der Waals surface area contributed by atoms with Crippen LogP contribution in [0, 0.1) is 17.8 Å². The highest BCUT2D eigenvalue weighted by Crippen LogP contribution is 2.47. The van der Waals surface area contributed by atoms with E-state index in [-0.39, 0.29) is 11.8 Å². The van der Waals surface area contributed by atoms with Gasteiger partial charge in [-0.2, -0.15) is 13.2 Å². The first-order valence-electron chi connectivity index (χ1n) is 4.41. The fourth-order valence-corrected chi connectivity index (χ4v) is 2.43. The third-order valence-electron chi connectivity index (χ3n) is 3.07. The van der Waals surface area contributed by atoms with Gasteiger partial charge in [0.25, 0.3) is 0 Å². The Kier molecular flexibility index (Phi) is 1.91. The van der Waals surface area contributed by atoms with E-state index in [4.69, 9.17) is 5.11 Å². The van der Waals surface area contributed by atoms with Gasteiger partial charge < -0.3 is 5.11 Å². The van der Waals surface area contributed by atoms with Crippen LogP contribution in [0.5, 0.6) is 0 Å². The number of rotatable bonds is 1. The smallest absolute Gasteiger partial charge is 0.383 e. The van der Waals surface area contributed by atoms with Gasteiger partial charge in [-0.05, 0) is 24.7 Å². The summed E-state index contributed by atoms with van der Waals surface area (Å²) < 4.78 is 36.5. The average molecular weight is 192 g/mol. The quantitative estimate of drug-likeness (QED) is 0.631. The molecule has 1 nitrogen and oxygen atoms in total. The number of hydrogen-bond acceptors (Lipinski definition) is 1. The van der Waals surface area contributed by atoms with Crippen molar-refractivity contribution >= 4 is 0 Å². The zero-order valence-electron chi connectivity index (χ0n) is 6.96. The van der Waals surface area contributed by atoms with Crippen molar-refractivity contribution < 1.29 is 18.3 Å². The highest BCUT2D eigenvalue weighted by atomic mass is 19.4. The molecule has 0 aromatic rings. The minimum atomic E-state index is -4.46. The van der Waals surface area contributed by atoms with Crippen molar-refractivity contribution in [1.82, 2.24) is 0 Å². The van der Waals surface area contributed by atoms with Crippen LogP contribution in [-0.2, 0) is 0 Å². The lowest BCUT2D eigenvalue weighted by Gasteiger charge is -2.25. The van der Waals surface area contributed by atoms with E-state index in [9.17, 15) is 13.2 Å². The van der Waals surface area contributed by atoms with Gasteiger partial charge >= 0.3 is 6.18 Å². The Morgan fingerprint density at radius 2 is 1.92 bits per heavy atom. The maximum Gasteiger partial charge on any atom is 0.414 e. The van der Waals surface area contributed by atoms with Gasteiger partial charge in [0.15, 0.2) is 6.10 Å². The van der Waals surface area contributed by atoms with Crippen molar-refractivity contribution in [3.05, 3.63) is 12.2 Å². The predicted octanol–water partition coefficient (Wildman–Crippen LogP) is 2.12. The number of hydrogen-bond donors (Lipinski definition) is 1. The number of alkyl halides is 3.